The number of ether oxygens (including phenoxy) is 2. The van der Waals surface area contributed by atoms with Gasteiger partial charge in [0, 0.05) is 13.7 Å². The molecule has 2 fully saturated rings. The summed E-state index contributed by atoms with van der Waals surface area (Å²) in [4.78, 5) is 25.2. The molecular weight excluding hydrogens is 238 g/mol. The van der Waals surface area contributed by atoms with Crippen LogP contribution in [0.15, 0.2) is 12.2 Å². The summed E-state index contributed by atoms with van der Waals surface area (Å²) in [6.07, 6.45) is 3.16. The Morgan fingerprint density at radius 1 is 1.72 bits per heavy atom. The maximum atomic E-state index is 12.3. The van der Waals surface area contributed by atoms with Crippen LogP contribution < -0.4 is 0 Å². The highest BCUT2D eigenvalue weighted by atomic mass is 16.5. The largest absolute Gasteiger partial charge is 0.481 e. The predicted molar refractivity (Wildman–Crippen MR) is 59.8 cm³/mol. The van der Waals surface area contributed by atoms with Gasteiger partial charge in [-0.15, -0.1) is 0 Å². The summed E-state index contributed by atoms with van der Waals surface area (Å²) in [6.45, 7) is 1.35. The molecule has 0 aromatic rings. The minimum absolute atomic E-state index is 0.133. The molecule has 3 aliphatic heterocycles. The number of nitrogens with zero attached hydrogens (tertiary/aromatic N) is 1. The van der Waals surface area contributed by atoms with Crippen LogP contribution in [0.5, 0.6) is 0 Å². The Hall–Kier alpha value is -1.40. The number of carbonyl (C=O) groups excluding carboxylic acids is 1. The molecule has 1 amide bonds. The van der Waals surface area contributed by atoms with E-state index in [9.17, 15) is 14.7 Å². The molecule has 2 saturated heterocycles. The first-order valence-corrected chi connectivity index (χ1v) is 5.97. The quantitative estimate of drug-likeness (QED) is 0.683. The number of rotatable bonds is 4. The Bertz CT molecular complexity index is 434. The number of likely N-dealkylation sites (tertiary alicyclic amines) is 1. The molecule has 3 aliphatic rings. The standard InChI is InChI=1S/C12H15NO5/c1-17-5-4-13-6-12-3-2-7(18-12)8(11(15)16)9(12)10(13)14/h2-3,7-9H,4-6H2,1H3,(H,15,16)/t7-,8-,9+,12+/m0/s1. The van der Waals surface area contributed by atoms with Gasteiger partial charge in [0.2, 0.25) is 5.91 Å². The zero-order valence-corrected chi connectivity index (χ0v) is 10.0. The van der Waals surface area contributed by atoms with Gasteiger partial charge in [0.05, 0.1) is 25.2 Å². The van der Waals surface area contributed by atoms with E-state index in [1.54, 1.807) is 18.1 Å². The van der Waals surface area contributed by atoms with Crippen molar-refractivity contribution in [2.75, 3.05) is 26.8 Å². The van der Waals surface area contributed by atoms with Crippen molar-refractivity contribution in [2.24, 2.45) is 11.8 Å². The summed E-state index contributed by atoms with van der Waals surface area (Å²) >= 11 is 0. The second-order valence-electron chi connectivity index (χ2n) is 4.99. The molecule has 0 aromatic carbocycles. The van der Waals surface area contributed by atoms with Gasteiger partial charge in [0.25, 0.3) is 0 Å². The molecule has 3 heterocycles. The number of carbonyl (C=O) groups is 2. The van der Waals surface area contributed by atoms with Gasteiger partial charge >= 0.3 is 5.97 Å². The van der Waals surface area contributed by atoms with E-state index in [1.807, 2.05) is 6.08 Å². The molecule has 0 radical (unpaired) electrons. The smallest absolute Gasteiger partial charge is 0.310 e. The molecule has 0 unspecified atom stereocenters. The average Bonchev–Trinajstić information content (AvgIpc) is 2.95. The molecule has 4 atom stereocenters. The maximum absolute atomic E-state index is 12.3. The van der Waals surface area contributed by atoms with E-state index in [0.717, 1.165) is 0 Å². The van der Waals surface area contributed by atoms with Crippen molar-refractivity contribution in [1.29, 1.82) is 0 Å². The monoisotopic (exact) mass is 253 g/mol. The first-order chi connectivity index (χ1) is 8.59. The molecule has 3 rings (SSSR count). The minimum atomic E-state index is -0.960. The predicted octanol–water partition coefficient (Wildman–Crippen LogP) is -0.501. The topological polar surface area (TPSA) is 76.1 Å². The molecule has 0 saturated carbocycles. The first-order valence-electron chi connectivity index (χ1n) is 5.97. The molecule has 1 spiro atoms. The number of hydrogen-bond acceptors (Lipinski definition) is 4. The maximum Gasteiger partial charge on any atom is 0.310 e. The fraction of sp³-hybridized carbons (Fsp3) is 0.667. The Morgan fingerprint density at radius 2 is 2.50 bits per heavy atom. The van der Waals surface area contributed by atoms with E-state index in [4.69, 9.17) is 9.47 Å². The van der Waals surface area contributed by atoms with Crippen LogP contribution in [0.25, 0.3) is 0 Å². The molecular formula is C12H15NO5. The third-order valence-electron chi connectivity index (χ3n) is 4.03. The summed E-state index contributed by atoms with van der Waals surface area (Å²) in [7, 11) is 1.57. The van der Waals surface area contributed by atoms with Crippen LogP contribution in [-0.4, -0.2) is 60.4 Å². The Labute approximate surface area is 104 Å². The molecule has 6 heteroatoms. The van der Waals surface area contributed by atoms with Crippen LogP contribution in [0, 0.1) is 11.8 Å². The van der Waals surface area contributed by atoms with Crippen molar-refractivity contribution < 1.29 is 24.2 Å². The third kappa shape index (κ3) is 1.36. The van der Waals surface area contributed by atoms with Gasteiger partial charge in [-0.25, -0.2) is 0 Å². The highest BCUT2D eigenvalue weighted by Gasteiger charge is 2.66. The number of carboxylic acid groups (broad SMARTS) is 1. The van der Waals surface area contributed by atoms with Crippen molar-refractivity contribution in [2.45, 2.75) is 11.7 Å². The van der Waals surface area contributed by atoms with Crippen molar-refractivity contribution >= 4 is 11.9 Å². The summed E-state index contributed by atoms with van der Waals surface area (Å²) < 4.78 is 10.7. The normalized spacial score (nSPS) is 40.6. The van der Waals surface area contributed by atoms with E-state index in [0.29, 0.717) is 19.7 Å². The lowest BCUT2D eigenvalue weighted by molar-refractivity contribution is -0.148. The molecule has 18 heavy (non-hydrogen) atoms. The first kappa shape index (κ1) is 11.7. The van der Waals surface area contributed by atoms with Crippen LogP contribution in [0.1, 0.15) is 0 Å². The lowest BCUT2D eigenvalue weighted by Gasteiger charge is -2.21. The summed E-state index contributed by atoms with van der Waals surface area (Å²) in [5.74, 6) is -2.43. The van der Waals surface area contributed by atoms with Gasteiger partial charge in [0.15, 0.2) is 0 Å². The zero-order valence-electron chi connectivity index (χ0n) is 10.0. The van der Waals surface area contributed by atoms with Crippen LogP contribution in [0.4, 0.5) is 0 Å². The number of methoxy groups -OCH3 is 1. The van der Waals surface area contributed by atoms with Crippen molar-refractivity contribution in [3.05, 3.63) is 12.2 Å². The fourth-order valence-corrected chi connectivity index (χ4v) is 3.25. The molecule has 1 N–H and O–H groups in total. The summed E-state index contributed by atoms with van der Waals surface area (Å²) in [6, 6.07) is 0. The van der Waals surface area contributed by atoms with Crippen molar-refractivity contribution in [1.82, 2.24) is 4.90 Å². The molecule has 6 nitrogen and oxygen atoms in total. The van der Waals surface area contributed by atoms with E-state index in [2.05, 4.69) is 0 Å². The van der Waals surface area contributed by atoms with Crippen molar-refractivity contribution in [3.8, 4) is 0 Å². The fourth-order valence-electron chi connectivity index (χ4n) is 3.25. The van der Waals surface area contributed by atoms with Gasteiger partial charge in [-0.1, -0.05) is 12.2 Å². The van der Waals surface area contributed by atoms with Crippen LogP contribution in [0.2, 0.25) is 0 Å². The SMILES string of the molecule is COCCN1C[C@@]23C=C[C@H](O2)[C@H](C(=O)O)[C@@H]3C1=O. The number of carboxylic acids is 1. The van der Waals surface area contributed by atoms with Crippen LogP contribution in [0.3, 0.4) is 0 Å². The lowest BCUT2D eigenvalue weighted by atomic mass is 9.77. The van der Waals surface area contributed by atoms with Gasteiger partial charge in [-0.2, -0.15) is 0 Å². The van der Waals surface area contributed by atoms with Crippen LogP contribution >= 0.6 is 0 Å². The molecule has 0 aromatic heterocycles. The highest BCUT2D eigenvalue weighted by molar-refractivity contribution is 5.90. The molecule has 0 aliphatic carbocycles. The summed E-state index contributed by atoms with van der Waals surface area (Å²) in [5, 5.41) is 9.25. The number of fused-ring (bicyclic) bond motifs is 1. The van der Waals surface area contributed by atoms with E-state index in [1.165, 1.54) is 0 Å². The number of amides is 1. The van der Waals surface area contributed by atoms with E-state index < -0.39 is 29.5 Å². The second-order valence-corrected chi connectivity index (χ2v) is 4.99. The molecule has 98 valence electrons. The molecule has 2 bridgehead atoms. The number of hydrogen-bond donors (Lipinski definition) is 1. The third-order valence-corrected chi connectivity index (χ3v) is 4.03. The lowest BCUT2D eigenvalue weighted by Crippen LogP contribution is -2.39. The number of aliphatic carboxylic acids is 1. The highest BCUT2D eigenvalue weighted by Crippen LogP contribution is 2.51. The van der Waals surface area contributed by atoms with E-state index in [-0.39, 0.29) is 5.91 Å². The Morgan fingerprint density at radius 3 is 3.17 bits per heavy atom. The van der Waals surface area contributed by atoms with Gasteiger partial charge in [-0.3, -0.25) is 9.59 Å². The minimum Gasteiger partial charge on any atom is -0.481 e. The van der Waals surface area contributed by atoms with Gasteiger partial charge in [0.1, 0.15) is 11.5 Å². The van der Waals surface area contributed by atoms with E-state index >= 15 is 0 Å². The van der Waals surface area contributed by atoms with Gasteiger partial charge in [-0.05, 0) is 0 Å². The summed E-state index contributed by atoms with van der Waals surface area (Å²) in [5.41, 5.74) is -0.724. The zero-order chi connectivity index (χ0) is 12.9. The van der Waals surface area contributed by atoms with Crippen molar-refractivity contribution in [3.63, 3.8) is 0 Å². The van der Waals surface area contributed by atoms with Crippen LogP contribution in [-0.2, 0) is 19.1 Å². The Balaban J connectivity index is 1.87. The average molecular weight is 253 g/mol. The van der Waals surface area contributed by atoms with Gasteiger partial charge < -0.3 is 19.5 Å². The Kier molecular flexibility index (Phi) is 2.46. The second kappa shape index (κ2) is 3.80.